The Balaban J connectivity index is 1.68. The summed E-state index contributed by atoms with van der Waals surface area (Å²) >= 11 is 0. The number of rotatable bonds is 4. The first-order chi connectivity index (χ1) is 8.65. The molecule has 1 atom stereocenters. The molecule has 18 heavy (non-hydrogen) atoms. The topological polar surface area (TPSA) is 56.9 Å². The minimum Gasteiger partial charge on any atom is -0.370 e. The lowest BCUT2D eigenvalue weighted by Gasteiger charge is -2.37. The number of piperazine rings is 1. The lowest BCUT2D eigenvalue weighted by molar-refractivity contribution is 0.116. The monoisotopic (exact) mass is 253 g/mol. The number of hydrogen-bond donors (Lipinski definition) is 2. The summed E-state index contributed by atoms with van der Waals surface area (Å²) in [6, 6.07) is 0.529. The highest BCUT2D eigenvalue weighted by atomic mass is 15.3. The summed E-state index contributed by atoms with van der Waals surface area (Å²) in [6.45, 7) is 5.17. The van der Waals surface area contributed by atoms with Gasteiger partial charge in [0.15, 0.2) is 5.96 Å². The Hall–Kier alpha value is -0.810. The van der Waals surface area contributed by atoms with Gasteiger partial charge in [-0.1, -0.05) is 6.42 Å². The average molecular weight is 253 g/mol. The first kappa shape index (κ1) is 13.6. The van der Waals surface area contributed by atoms with Crippen LogP contribution in [0.15, 0.2) is 4.99 Å². The molecule has 2 fully saturated rings. The third kappa shape index (κ3) is 3.85. The van der Waals surface area contributed by atoms with Crippen LogP contribution in [0, 0.1) is 5.92 Å². The van der Waals surface area contributed by atoms with Crippen LogP contribution in [0.4, 0.5) is 0 Å². The molecule has 0 aromatic carbocycles. The summed E-state index contributed by atoms with van der Waals surface area (Å²) < 4.78 is 0. The van der Waals surface area contributed by atoms with Gasteiger partial charge in [0, 0.05) is 38.8 Å². The van der Waals surface area contributed by atoms with Gasteiger partial charge in [-0.05, 0) is 32.9 Å². The second kappa shape index (κ2) is 6.38. The van der Waals surface area contributed by atoms with Crippen molar-refractivity contribution in [1.82, 2.24) is 15.1 Å². The van der Waals surface area contributed by atoms with Gasteiger partial charge in [-0.2, -0.15) is 0 Å². The van der Waals surface area contributed by atoms with Crippen LogP contribution < -0.4 is 11.1 Å². The Labute approximate surface area is 110 Å². The van der Waals surface area contributed by atoms with E-state index in [0.717, 1.165) is 38.6 Å². The quantitative estimate of drug-likeness (QED) is 0.544. The van der Waals surface area contributed by atoms with Crippen molar-refractivity contribution >= 4 is 5.96 Å². The van der Waals surface area contributed by atoms with E-state index in [2.05, 4.69) is 34.2 Å². The molecule has 1 heterocycles. The van der Waals surface area contributed by atoms with Gasteiger partial charge < -0.3 is 16.0 Å². The number of guanidine groups is 1. The van der Waals surface area contributed by atoms with E-state index in [0.29, 0.717) is 12.0 Å². The van der Waals surface area contributed by atoms with Crippen molar-refractivity contribution in [1.29, 1.82) is 0 Å². The van der Waals surface area contributed by atoms with Crippen molar-refractivity contribution in [2.75, 3.05) is 46.8 Å². The lowest BCUT2D eigenvalue weighted by Crippen LogP contribution is -2.55. The van der Waals surface area contributed by atoms with Gasteiger partial charge in [0.1, 0.15) is 0 Å². The molecule has 0 aromatic rings. The fraction of sp³-hybridized carbons (Fsp3) is 0.923. The molecular weight excluding hydrogens is 226 g/mol. The summed E-state index contributed by atoms with van der Waals surface area (Å²) in [5.74, 6) is 1.40. The van der Waals surface area contributed by atoms with Gasteiger partial charge in [0.2, 0.25) is 0 Å². The Morgan fingerprint density at radius 1 is 1.33 bits per heavy atom. The van der Waals surface area contributed by atoms with Crippen LogP contribution in [-0.4, -0.2) is 68.6 Å². The molecule has 1 aliphatic carbocycles. The highest BCUT2D eigenvalue weighted by molar-refractivity contribution is 5.77. The van der Waals surface area contributed by atoms with Gasteiger partial charge in [0.25, 0.3) is 0 Å². The normalized spacial score (nSPS) is 28.1. The maximum atomic E-state index is 5.90. The van der Waals surface area contributed by atoms with Crippen LogP contribution in [0.25, 0.3) is 0 Å². The van der Waals surface area contributed by atoms with Crippen LogP contribution in [0.3, 0.4) is 0 Å². The molecule has 0 radical (unpaired) electrons. The Kier molecular flexibility index (Phi) is 4.83. The van der Waals surface area contributed by atoms with Crippen molar-refractivity contribution in [3.63, 3.8) is 0 Å². The van der Waals surface area contributed by atoms with Gasteiger partial charge in [-0.15, -0.1) is 0 Å². The standard InChI is InChI=1S/C13H27N5/c1-17-6-7-18(2)12(10-17)9-16-13(14)15-8-11-4-3-5-11/h11-12H,3-10H2,1-2H3,(H3,14,15,16). The summed E-state index contributed by atoms with van der Waals surface area (Å²) in [5, 5.41) is 3.27. The molecule has 0 bridgehead atoms. The summed E-state index contributed by atoms with van der Waals surface area (Å²) in [7, 11) is 4.36. The third-order valence-electron chi connectivity index (χ3n) is 4.24. The largest absolute Gasteiger partial charge is 0.370 e. The van der Waals surface area contributed by atoms with Crippen molar-refractivity contribution in [3.05, 3.63) is 0 Å². The van der Waals surface area contributed by atoms with Crippen molar-refractivity contribution in [2.45, 2.75) is 25.3 Å². The fourth-order valence-electron chi connectivity index (χ4n) is 2.50. The van der Waals surface area contributed by atoms with Crippen LogP contribution in [-0.2, 0) is 0 Å². The average Bonchev–Trinajstić information content (AvgIpc) is 2.28. The van der Waals surface area contributed by atoms with Crippen LogP contribution in [0.2, 0.25) is 0 Å². The molecule has 1 aliphatic heterocycles. The first-order valence-electron chi connectivity index (χ1n) is 7.07. The van der Waals surface area contributed by atoms with E-state index in [1.165, 1.54) is 19.3 Å². The molecule has 0 spiro atoms. The SMILES string of the molecule is CN1CCN(C)C(CNC(N)=NCC2CCC2)C1. The number of aliphatic imine (C=N–C) groups is 1. The van der Waals surface area contributed by atoms with Gasteiger partial charge in [0.05, 0.1) is 0 Å². The zero-order chi connectivity index (χ0) is 13.0. The second-order valence-electron chi connectivity index (χ2n) is 5.80. The predicted octanol–water partition coefficient (Wildman–Crippen LogP) is -0.0634. The number of nitrogens with two attached hydrogens (primary N) is 1. The molecule has 0 aromatic heterocycles. The zero-order valence-corrected chi connectivity index (χ0v) is 11.7. The molecule has 2 aliphatic rings. The van der Waals surface area contributed by atoms with Gasteiger partial charge in [-0.3, -0.25) is 9.89 Å². The minimum absolute atomic E-state index is 0.529. The predicted molar refractivity (Wildman–Crippen MR) is 75.7 cm³/mol. The van der Waals surface area contributed by atoms with E-state index in [9.17, 15) is 0 Å². The smallest absolute Gasteiger partial charge is 0.188 e. The third-order valence-corrected chi connectivity index (χ3v) is 4.24. The van der Waals surface area contributed by atoms with Crippen molar-refractivity contribution < 1.29 is 0 Å². The van der Waals surface area contributed by atoms with E-state index < -0.39 is 0 Å². The van der Waals surface area contributed by atoms with Crippen molar-refractivity contribution in [2.24, 2.45) is 16.6 Å². The molecule has 1 unspecified atom stereocenters. The maximum absolute atomic E-state index is 5.90. The van der Waals surface area contributed by atoms with E-state index in [4.69, 9.17) is 5.73 Å². The van der Waals surface area contributed by atoms with Crippen LogP contribution in [0.1, 0.15) is 19.3 Å². The molecule has 104 valence electrons. The highest BCUT2D eigenvalue weighted by Gasteiger charge is 2.22. The molecular formula is C13H27N5. The van der Waals surface area contributed by atoms with Crippen LogP contribution in [0.5, 0.6) is 0 Å². The minimum atomic E-state index is 0.529. The van der Waals surface area contributed by atoms with E-state index in [-0.39, 0.29) is 0 Å². The Bertz CT molecular complexity index is 287. The number of nitrogens with zero attached hydrogens (tertiary/aromatic N) is 3. The van der Waals surface area contributed by atoms with Gasteiger partial charge in [-0.25, -0.2) is 0 Å². The van der Waals surface area contributed by atoms with E-state index in [1.807, 2.05) is 0 Å². The van der Waals surface area contributed by atoms with E-state index in [1.54, 1.807) is 0 Å². The maximum Gasteiger partial charge on any atom is 0.188 e. The Morgan fingerprint density at radius 3 is 2.78 bits per heavy atom. The molecule has 1 saturated heterocycles. The molecule has 2 rings (SSSR count). The van der Waals surface area contributed by atoms with Crippen molar-refractivity contribution in [3.8, 4) is 0 Å². The Morgan fingerprint density at radius 2 is 2.11 bits per heavy atom. The molecule has 5 heteroatoms. The molecule has 5 nitrogen and oxygen atoms in total. The molecule has 1 saturated carbocycles. The summed E-state index contributed by atoms with van der Waals surface area (Å²) in [4.78, 5) is 9.19. The lowest BCUT2D eigenvalue weighted by atomic mass is 9.86. The summed E-state index contributed by atoms with van der Waals surface area (Å²) in [6.07, 6.45) is 4.02. The van der Waals surface area contributed by atoms with E-state index >= 15 is 0 Å². The number of nitrogens with one attached hydrogen (secondary N) is 1. The second-order valence-corrected chi connectivity index (χ2v) is 5.80. The molecule has 0 amide bonds. The number of likely N-dealkylation sites (N-methyl/N-ethyl adjacent to an activating group) is 2. The number of hydrogen-bond acceptors (Lipinski definition) is 3. The molecule has 3 N–H and O–H groups in total. The summed E-state index contributed by atoms with van der Waals surface area (Å²) in [5.41, 5.74) is 5.90. The van der Waals surface area contributed by atoms with Gasteiger partial charge >= 0.3 is 0 Å². The van der Waals surface area contributed by atoms with Crippen LogP contribution >= 0.6 is 0 Å². The zero-order valence-electron chi connectivity index (χ0n) is 11.7. The fourth-order valence-corrected chi connectivity index (χ4v) is 2.50. The first-order valence-corrected chi connectivity index (χ1v) is 7.07. The highest BCUT2D eigenvalue weighted by Crippen LogP contribution is 2.26.